The number of carbonyl (C=O) groups excluding carboxylic acids is 1. The monoisotopic (exact) mass is 342 g/mol. The highest BCUT2D eigenvalue weighted by molar-refractivity contribution is 6.06. The van der Waals surface area contributed by atoms with Crippen LogP contribution in [0.1, 0.15) is 5.82 Å². The maximum atomic E-state index is 12.4. The van der Waals surface area contributed by atoms with Crippen molar-refractivity contribution in [3.05, 3.63) is 84.9 Å². The summed E-state index contributed by atoms with van der Waals surface area (Å²) in [6.45, 7) is 1.95. The van der Waals surface area contributed by atoms with Gasteiger partial charge in [-0.05, 0) is 42.6 Å². The number of benzene rings is 3. The zero-order chi connectivity index (χ0) is 17.9. The molecule has 2 N–H and O–H groups in total. The molecule has 5 nitrogen and oxygen atoms in total. The van der Waals surface area contributed by atoms with Crippen molar-refractivity contribution >= 4 is 28.2 Å². The molecule has 0 atom stereocenters. The lowest BCUT2D eigenvalue weighted by Gasteiger charge is -2.11. The summed E-state index contributed by atoms with van der Waals surface area (Å²) in [6.07, 6.45) is 3.67. The molecule has 5 heteroatoms. The Morgan fingerprint density at radius 3 is 2.46 bits per heavy atom. The van der Waals surface area contributed by atoms with Crippen molar-refractivity contribution in [1.82, 2.24) is 9.55 Å². The molecule has 0 aliphatic heterocycles. The average molecular weight is 342 g/mol. The highest BCUT2D eigenvalue weighted by atomic mass is 16.2. The van der Waals surface area contributed by atoms with E-state index >= 15 is 0 Å². The number of carbonyl (C=O) groups is 1. The molecule has 26 heavy (non-hydrogen) atoms. The Morgan fingerprint density at radius 1 is 0.923 bits per heavy atom. The number of hydrogen-bond donors (Lipinski definition) is 2. The van der Waals surface area contributed by atoms with E-state index in [1.807, 2.05) is 84.4 Å². The molecule has 1 aromatic heterocycles. The lowest BCUT2D eigenvalue weighted by Crippen LogP contribution is -2.19. The van der Waals surface area contributed by atoms with Crippen molar-refractivity contribution in [1.29, 1.82) is 0 Å². The molecule has 3 aromatic carbocycles. The molecule has 4 rings (SSSR count). The number of nitrogens with one attached hydrogen (secondary N) is 2. The number of imidazole rings is 1. The standard InChI is InChI=1S/C21H18N4O/c1-15-22-13-14-25(15)18-11-9-17(10-12-18)23-21(26)24-20-8-4-6-16-5-2-3-7-19(16)20/h2-14H,1H3,(H2,23,24,26). The molecule has 0 fully saturated rings. The Labute approximate surface area is 151 Å². The van der Waals surface area contributed by atoms with Crippen LogP contribution in [0.25, 0.3) is 16.5 Å². The third-order valence-electron chi connectivity index (χ3n) is 4.27. The number of anilines is 2. The maximum absolute atomic E-state index is 12.4. The molecule has 128 valence electrons. The molecular weight excluding hydrogens is 324 g/mol. The zero-order valence-corrected chi connectivity index (χ0v) is 14.3. The number of hydrogen-bond acceptors (Lipinski definition) is 2. The van der Waals surface area contributed by atoms with Gasteiger partial charge in [0.25, 0.3) is 0 Å². The van der Waals surface area contributed by atoms with Crippen molar-refractivity contribution in [2.24, 2.45) is 0 Å². The van der Waals surface area contributed by atoms with Gasteiger partial charge in [0.2, 0.25) is 0 Å². The van der Waals surface area contributed by atoms with Gasteiger partial charge >= 0.3 is 6.03 Å². The van der Waals surface area contributed by atoms with Crippen molar-refractivity contribution in [2.75, 3.05) is 10.6 Å². The summed E-state index contributed by atoms with van der Waals surface area (Å²) in [4.78, 5) is 16.6. The normalized spacial score (nSPS) is 10.7. The fourth-order valence-electron chi connectivity index (χ4n) is 2.98. The molecule has 1 heterocycles. The highest BCUT2D eigenvalue weighted by Crippen LogP contribution is 2.23. The number of aryl methyl sites for hydroxylation is 1. The SMILES string of the molecule is Cc1nccn1-c1ccc(NC(=O)Nc2cccc3ccccc23)cc1. The molecule has 0 aliphatic rings. The number of urea groups is 1. The molecule has 2 amide bonds. The van der Waals surface area contributed by atoms with Gasteiger partial charge in [-0.25, -0.2) is 9.78 Å². The van der Waals surface area contributed by atoms with Crippen molar-refractivity contribution < 1.29 is 4.79 Å². The summed E-state index contributed by atoms with van der Waals surface area (Å²) in [7, 11) is 0. The zero-order valence-electron chi connectivity index (χ0n) is 14.3. The number of aromatic nitrogens is 2. The third kappa shape index (κ3) is 3.15. The van der Waals surface area contributed by atoms with E-state index in [4.69, 9.17) is 0 Å². The minimum Gasteiger partial charge on any atom is -0.308 e. The van der Waals surface area contributed by atoms with Gasteiger partial charge in [0.15, 0.2) is 0 Å². The molecular formula is C21H18N4O. The van der Waals surface area contributed by atoms with E-state index in [2.05, 4.69) is 15.6 Å². The van der Waals surface area contributed by atoms with E-state index in [1.165, 1.54) is 0 Å². The number of rotatable bonds is 3. The number of amides is 2. The summed E-state index contributed by atoms with van der Waals surface area (Å²) in [5, 5.41) is 7.89. The molecule has 0 spiro atoms. The molecule has 0 bridgehead atoms. The molecule has 4 aromatic rings. The van der Waals surface area contributed by atoms with E-state index in [9.17, 15) is 4.79 Å². The topological polar surface area (TPSA) is 59.0 Å². The Kier molecular flexibility index (Phi) is 4.11. The third-order valence-corrected chi connectivity index (χ3v) is 4.27. The molecule has 0 unspecified atom stereocenters. The van der Waals surface area contributed by atoms with E-state index in [-0.39, 0.29) is 6.03 Å². The molecule has 0 aliphatic carbocycles. The smallest absolute Gasteiger partial charge is 0.308 e. The van der Waals surface area contributed by atoms with Gasteiger partial charge in [-0.15, -0.1) is 0 Å². The fraction of sp³-hybridized carbons (Fsp3) is 0.0476. The van der Waals surface area contributed by atoms with Gasteiger partial charge in [0.1, 0.15) is 5.82 Å². The molecule has 0 saturated heterocycles. The second-order valence-corrected chi connectivity index (χ2v) is 6.00. The lowest BCUT2D eigenvalue weighted by atomic mass is 10.1. The van der Waals surface area contributed by atoms with E-state index in [0.29, 0.717) is 0 Å². The van der Waals surface area contributed by atoms with Crippen LogP contribution >= 0.6 is 0 Å². The van der Waals surface area contributed by atoms with Crippen LogP contribution in [0.3, 0.4) is 0 Å². The minimum absolute atomic E-state index is 0.270. The Bertz CT molecular complexity index is 1060. The Balaban J connectivity index is 1.49. The first-order chi connectivity index (χ1) is 12.7. The first-order valence-electron chi connectivity index (χ1n) is 8.37. The summed E-state index contributed by atoms with van der Waals surface area (Å²) in [5.41, 5.74) is 2.51. The van der Waals surface area contributed by atoms with Gasteiger partial charge in [-0.1, -0.05) is 36.4 Å². The quantitative estimate of drug-likeness (QED) is 0.552. The maximum Gasteiger partial charge on any atom is 0.323 e. The Morgan fingerprint density at radius 2 is 1.69 bits per heavy atom. The van der Waals surface area contributed by atoms with Crippen LogP contribution in [0, 0.1) is 6.92 Å². The van der Waals surface area contributed by atoms with Crippen LogP contribution in [0.5, 0.6) is 0 Å². The van der Waals surface area contributed by atoms with Gasteiger partial charge in [0.05, 0.1) is 5.69 Å². The summed E-state index contributed by atoms with van der Waals surface area (Å²) >= 11 is 0. The van der Waals surface area contributed by atoms with E-state index < -0.39 is 0 Å². The summed E-state index contributed by atoms with van der Waals surface area (Å²) in [6, 6.07) is 21.2. The predicted molar refractivity (Wildman–Crippen MR) is 105 cm³/mol. The second-order valence-electron chi connectivity index (χ2n) is 6.00. The van der Waals surface area contributed by atoms with Gasteiger partial charge in [0, 0.05) is 29.2 Å². The van der Waals surface area contributed by atoms with Crippen LogP contribution in [0.15, 0.2) is 79.1 Å². The van der Waals surface area contributed by atoms with Crippen LogP contribution in [-0.4, -0.2) is 15.6 Å². The van der Waals surface area contributed by atoms with Crippen molar-refractivity contribution in [3.8, 4) is 5.69 Å². The van der Waals surface area contributed by atoms with Crippen LogP contribution < -0.4 is 10.6 Å². The summed E-state index contributed by atoms with van der Waals surface area (Å²) in [5.74, 6) is 0.916. The van der Waals surface area contributed by atoms with Gasteiger partial charge < -0.3 is 15.2 Å². The van der Waals surface area contributed by atoms with E-state index in [0.717, 1.165) is 33.7 Å². The first kappa shape index (κ1) is 15.9. The van der Waals surface area contributed by atoms with E-state index in [1.54, 1.807) is 6.20 Å². The van der Waals surface area contributed by atoms with Crippen LogP contribution in [0.4, 0.5) is 16.2 Å². The van der Waals surface area contributed by atoms with Crippen LogP contribution in [-0.2, 0) is 0 Å². The predicted octanol–water partition coefficient (Wildman–Crippen LogP) is 4.98. The fourth-order valence-corrected chi connectivity index (χ4v) is 2.98. The van der Waals surface area contributed by atoms with Crippen LogP contribution in [0.2, 0.25) is 0 Å². The van der Waals surface area contributed by atoms with Crippen molar-refractivity contribution in [3.63, 3.8) is 0 Å². The molecule has 0 saturated carbocycles. The minimum atomic E-state index is -0.270. The Hall–Kier alpha value is -3.60. The lowest BCUT2D eigenvalue weighted by molar-refractivity contribution is 0.262. The van der Waals surface area contributed by atoms with Gasteiger partial charge in [-0.3, -0.25) is 0 Å². The summed E-state index contributed by atoms with van der Waals surface area (Å²) < 4.78 is 1.99. The van der Waals surface area contributed by atoms with Gasteiger partial charge in [-0.2, -0.15) is 0 Å². The number of fused-ring (bicyclic) bond motifs is 1. The largest absolute Gasteiger partial charge is 0.323 e. The highest BCUT2D eigenvalue weighted by Gasteiger charge is 2.06. The number of nitrogens with zero attached hydrogens (tertiary/aromatic N) is 2. The second kappa shape index (κ2) is 6.72. The van der Waals surface area contributed by atoms with Crippen molar-refractivity contribution in [2.45, 2.75) is 6.92 Å². The average Bonchev–Trinajstić information content (AvgIpc) is 3.09. The molecule has 0 radical (unpaired) electrons. The first-order valence-corrected chi connectivity index (χ1v) is 8.37.